The van der Waals surface area contributed by atoms with Crippen molar-refractivity contribution in [3.63, 3.8) is 0 Å². The van der Waals surface area contributed by atoms with Gasteiger partial charge in [0, 0.05) is 27.4 Å². The van der Waals surface area contributed by atoms with E-state index in [4.69, 9.17) is 0 Å². The van der Waals surface area contributed by atoms with E-state index in [0.717, 1.165) is 26.5 Å². The molecule has 0 amide bonds. The van der Waals surface area contributed by atoms with Crippen molar-refractivity contribution in [1.82, 2.24) is 14.8 Å². The molecule has 0 radical (unpaired) electrons. The van der Waals surface area contributed by atoms with Crippen LogP contribution >= 0.6 is 15.9 Å². The van der Waals surface area contributed by atoms with Gasteiger partial charge in [0.1, 0.15) is 0 Å². The Bertz CT molecular complexity index is 1100. The van der Waals surface area contributed by atoms with Gasteiger partial charge in [-0.1, -0.05) is 46.3 Å². The average Bonchev–Trinajstić information content (AvgIpc) is 2.62. The quantitative estimate of drug-likeness (QED) is 0.541. The van der Waals surface area contributed by atoms with E-state index in [9.17, 15) is 4.79 Å². The largest absolute Gasteiger partial charge is 0.274 e. The SMILES string of the molecule is O=c1c2cccc(Br)c2cnn1CCc1ccc2ccccc2n1. The first-order valence-electron chi connectivity index (χ1n) is 7.71. The second-order valence-corrected chi connectivity index (χ2v) is 6.47. The number of rotatable bonds is 3. The van der Waals surface area contributed by atoms with Crippen LogP contribution in [0.4, 0.5) is 0 Å². The number of nitrogens with zero attached hydrogens (tertiary/aromatic N) is 3. The van der Waals surface area contributed by atoms with Crippen molar-refractivity contribution < 1.29 is 0 Å². The van der Waals surface area contributed by atoms with E-state index in [1.165, 1.54) is 4.68 Å². The molecule has 2 aromatic carbocycles. The van der Waals surface area contributed by atoms with Crippen LogP contribution in [0.2, 0.25) is 0 Å². The Labute approximate surface area is 146 Å². The van der Waals surface area contributed by atoms with E-state index in [1.807, 2.05) is 48.5 Å². The summed E-state index contributed by atoms with van der Waals surface area (Å²) >= 11 is 3.46. The van der Waals surface area contributed by atoms with E-state index in [1.54, 1.807) is 6.20 Å². The summed E-state index contributed by atoms with van der Waals surface area (Å²) < 4.78 is 2.39. The summed E-state index contributed by atoms with van der Waals surface area (Å²) in [7, 11) is 0. The average molecular weight is 380 g/mol. The Hall–Kier alpha value is -2.53. The number of aryl methyl sites for hydroxylation is 2. The lowest BCUT2D eigenvalue weighted by atomic mass is 10.2. The van der Waals surface area contributed by atoms with E-state index < -0.39 is 0 Å². The van der Waals surface area contributed by atoms with Gasteiger partial charge < -0.3 is 0 Å². The molecule has 0 aliphatic heterocycles. The molecule has 4 nitrogen and oxygen atoms in total. The summed E-state index contributed by atoms with van der Waals surface area (Å²) in [5.41, 5.74) is 1.85. The van der Waals surface area contributed by atoms with Crippen LogP contribution in [0.5, 0.6) is 0 Å². The van der Waals surface area contributed by atoms with Gasteiger partial charge in [-0.25, -0.2) is 4.68 Å². The monoisotopic (exact) mass is 379 g/mol. The lowest BCUT2D eigenvalue weighted by Gasteiger charge is -2.07. The number of pyridine rings is 1. The fraction of sp³-hybridized carbons (Fsp3) is 0.105. The second kappa shape index (κ2) is 6.17. The smallest absolute Gasteiger partial charge is 0.267 e. The highest BCUT2D eigenvalue weighted by molar-refractivity contribution is 9.10. The molecule has 4 aromatic rings. The maximum atomic E-state index is 12.6. The van der Waals surface area contributed by atoms with Crippen LogP contribution in [0.25, 0.3) is 21.7 Å². The number of aromatic nitrogens is 3. The van der Waals surface area contributed by atoms with Crippen LogP contribution in [0, 0.1) is 0 Å². The summed E-state index contributed by atoms with van der Waals surface area (Å²) in [5, 5.41) is 6.92. The number of fused-ring (bicyclic) bond motifs is 2. The predicted molar refractivity (Wildman–Crippen MR) is 99.2 cm³/mol. The lowest BCUT2D eigenvalue weighted by Crippen LogP contribution is -2.23. The summed E-state index contributed by atoms with van der Waals surface area (Å²) in [6.07, 6.45) is 2.39. The molecule has 5 heteroatoms. The first-order valence-corrected chi connectivity index (χ1v) is 8.51. The van der Waals surface area contributed by atoms with Gasteiger partial charge in [0.05, 0.1) is 23.6 Å². The van der Waals surface area contributed by atoms with Gasteiger partial charge >= 0.3 is 0 Å². The van der Waals surface area contributed by atoms with Crippen molar-refractivity contribution >= 4 is 37.6 Å². The molecule has 0 spiro atoms. The van der Waals surface area contributed by atoms with Gasteiger partial charge in [0.2, 0.25) is 0 Å². The lowest BCUT2D eigenvalue weighted by molar-refractivity contribution is 0.580. The third kappa shape index (κ3) is 2.71. The molecule has 0 N–H and O–H groups in total. The molecule has 24 heavy (non-hydrogen) atoms. The minimum absolute atomic E-state index is 0.0745. The Balaban J connectivity index is 1.64. The first kappa shape index (κ1) is 15.0. The summed E-state index contributed by atoms with van der Waals surface area (Å²) in [4.78, 5) is 17.2. The van der Waals surface area contributed by atoms with Gasteiger partial charge in [-0.2, -0.15) is 5.10 Å². The second-order valence-electron chi connectivity index (χ2n) is 5.62. The Morgan fingerprint density at radius 2 is 1.83 bits per heavy atom. The number of hydrogen-bond acceptors (Lipinski definition) is 3. The van der Waals surface area contributed by atoms with Crippen molar-refractivity contribution in [1.29, 1.82) is 0 Å². The molecule has 0 unspecified atom stereocenters. The molecule has 0 atom stereocenters. The van der Waals surface area contributed by atoms with Crippen molar-refractivity contribution in [2.45, 2.75) is 13.0 Å². The van der Waals surface area contributed by atoms with Gasteiger partial charge in [0.15, 0.2) is 0 Å². The molecule has 2 heterocycles. The molecule has 2 aromatic heterocycles. The van der Waals surface area contributed by atoms with Crippen LogP contribution in [-0.4, -0.2) is 14.8 Å². The summed E-state index contributed by atoms with van der Waals surface area (Å²) in [6.45, 7) is 0.507. The highest BCUT2D eigenvalue weighted by atomic mass is 79.9. The third-order valence-corrected chi connectivity index (χ3v) is 4.77. The van der Waals surface area contributed by atoms with Crippen LogP contribution in [0.3, 0.4) is 0 Å². The Morgan fingerprint density at radius 1 is 0.958 bits per heavy atom. The third-order valence-electron chi connectivity index (χ3n) is 4.08. The maximum absolute atomic E-state index is 12.6. The number of halogens is 1. The highest BCUT2D eigenvalue weighted by Gasteiger charge is 2.07. The van der Waals surface area contributed by atoms with Crippen LogP contribution < -0.4 is 5.56 Å². The first-order chi connectivity index (χ1) is 11.7. The van der Waals surface area contributed by atoms with E-state index in [-0.39, 0.29) is 5.56 Å². The van der Waals surface area contributed by atoms with Crippen LogP contribution in [-0.2, 0) is 13.0 Å². The number of hydrogen-bond donors (Lipinski definition) is 0. The zero-order valence-electron chi connectivity index (χ0n) is 12.8. The van der Waals surface area contributed by atoms with Gasteiger partial charge in [-0.3, -0.25) is 9.78 Å². The maximum Gasteiger partial charge on any atom is 0.274 e. The topological polar surface area (TPSA) is 47.8 Å². The summed E-state index contributed by atoms with van der Waals surface area (Å²) in [6, 6.07) is 17.7. The fourth-order valence-corrected chi connectivity index (χ4v) is 3.27. The van der Waals surface area contributed by atoms with E-state index in [0.29, 0.717) is 18.4 Å². The van der Waals surface area contributed by atoms with Gasteiger partial charge in [-0.05, 0) is 24.3 Å². The molecule has 118 valence electrons. The number of benzene rings is 2. The fourth-order valence-electron chi connectivity index (χ4n) is 2.80. The molecular formula is C19H14BrN3O. The van der Waals surface area contributed by atoms with Gasteiger partial charge in [0.25, 0.3) is 5.56 Å². The molecule has 4 rings (SSSR count). The molecule has 0 aliphatic rings. The zero-order chi connectivity index (χ0) is 16.5. The molecule has 0 bridgehead atoms. The van der Waals surface area contributed by atoms with E-state index in [2.05, 4.69) is 32.1 Å². The van der Waals surface area contributed by atoms with Crippen molar-refractivity contribution in [3.05, 3.63) is 81.3 Å². The number of para-hydroxylation sites is 1. The molecule has 0 saturated carbocycles. The minimum atomic E-state index is -0.0745. The Kier molecular flexibility index (Phi) is 3.86. The molecular weight excluding hydrogens is 366 g/mol. The molecule has 0 saturated heterocycles. The standard InChI is InChI=1S/C19H14BrN3O/c20-17-6-3-5-15-16(17)12-21-23(19(15)24)11-10-14-9-8-13-4-1-2-7-18(13)22-14/h1-9,12H,10-11H2. The van der Waals surface area contributed by atoms with Crippen molar-refractivity contribution in [2.24, 2.45) is 0 Å². The Morgan fingerprint density at radius 3 is 2.75 bits per heavy atom. The van der Waals surface area contributed by atoms with Gasteiger partial charge in [-0.15, -0.1) is 0 Å². The molecule has 0 fully saturated rings. The minimum Gasteiger partial charge on any atom is -0.267 e. The highest BCUT2D eigenvalue weighted by Crippen LogP contribution is 2.20. The van der Waals surface area contributed by atoms with Crippen LogP contribution in [0.1, 0.15) is 5.69 Å². The van der Waals surface area contributed by atoms with Crippen molar-refractivity contribution in [2.75, 3.05) is 0 Å². The van der Waals surface area contributed by atoms with E-state index >= 15 is 0 Å². The summed E-state index contributed by atoms with van der Waals surface area (Å²) in [5.74, 6) is 0. The predicted octanol–water partition coefficient (Wildman–Crippen LogP) is 3.95. The van der Waals surface area contributed by atoms with Crippen LogP contribution in [0.15, 0.2) is 70.1 Å². The normalized spacial score (nSPS) is 11.2. The molecule has 0 aliphatic carbocycles. The zero-order valence-corrected chi connectivity index (χ0v) is 14.4. The van der Waals surface area contributed by atoms with Crippen molar-refractivity contribution in [3.8, 4) is 0 Å².